The normalized spacial score (nSPS) is 13.1. The van der Waals surface area contributed by atoms with Gasteiger partial charge in [-0.05, 0) is 36.4 Å². The van der Waals surface area contributed by atoms with Crippen LogP contribution < -0.4 is 9.62 Å². The van der Waals surface area contributed by atoms with E-state index in [4.69, 9.17) is 5.11 Å². The number of phenols is 1. The highest BCUT2D eigenvalue weighted by Crippen LogP contribution is 2.40. The number of hydrogen-bond acceptors (Lipinski definition) is 6. The first-order valence-corrected chi connectivity index (χ1v) is 11.2. The van der Waals surface area contributed by atoms with E-state index in [0.717, 1.165) is 11.8 Å². The van der Waals surface area contributed by atoms with Gasteiger partial charge in [-0.3, -0.25) is 14.3 Å². The number of carbonyl (C=O) groups is 2. The van der Waals surface area contributed by atoms with E-state index in [2.05, 4.69) is 4.72 Å². The van der Waals surface area contributed by atoms with Crippen molar-refractivity contribution in [1.29, 1.82) is 0 Å². The molecule has 0 atom stereocenters. The van der Waals surface area contributed by atoms with Crippen molar-refractivity contribution in [3.05, 3.63) is 54.1 Å². The second-order valence-corrected chi connectivity index (χ2v) is 9.31. The summed E-state index contributed by atoms with van der Waals surface area (Å²) in [5, 5.41) is 19.7. The fourth-order valence-corrected chi connectivity index (χ4v) is 5.35. The summed E-state index contributed by atoms with van der Waals surface area (Å²) in [7, 11) is -2.39. The standard InChI is InChI=1S/C20H16N2O6S2/c1-22-14-6-8-17(12-3-2-4-13(19(12)14)20(22)26)30(27,28)21-11-5-7-15(23)16(9-11)29-10-18(24)25/h2-9,21,23H,10H2,1H3,(H,24,25). The highest BCUT2D eigenvalue weighted by molar-refractivity contribution is 8.00. The molecule has 10 heteroatoms. The average Bonchev–Trinajstić information content (AvgIpc) is 2.95. The van der Waals surface area contributed by atoms with Gasteiger partial charge in [0, 0.05) is 23.4 Å². The van der Waals surface area contributed by atoms with Crippen LogP contribution in [-0.2, 0) is 14.8 Å². The van der Waals surface area contributed by atoms with Gasteiger partial charge in [-0.25, -0.2) is 8.42 Å². The number of hydrogen-bond donors (Lipinski definition) is 3. The predicted molar refractivity (Wildman–Crippen MR) is 114 cm³/mol. The molecule has 30 heavy (non-hydrogen) atoms. The van der Waals surface area contributed by atoms with Gasteiger partial charge in [0.25, 0.3) is 15.9 Å². The lowest BCUT2D eigenvalue weighted by atomic mass is 10.1. The zero-order chi connectivity index (χ0) is 21.6. The molecule has 8 nitrogen and oxygen atoms in total. The van der Waals surface area contributed by atoms with E-state index in [-0.39, 0.29) is 32.9 Å². The van der Waals surface area contributed by atoms with Gasteiger partial charge in [-0.2, -0.15) is 0 Å². The number of carboxylic acid groups (broad SMARTS) is 1. The summed E-state index contributed by atoms with van der Waals surface area (Å²) in [4.78, 5) is 24.9. The van der Waals surface area contributed by atoms with Gasteiger partial charge < -0.3 is 15.1 Å². The number of nitrogens with zero attached hydrogens (tertiary/aromatic N) is 1. The van der Waals surface area contributed by atoms with Gasteiger partial charge in [0.2, 0.25) is 0 Å². The van der Waals surface area contributed by atoms with E-state index in [1.807, 2.05) is 0 Å². The van der Waals surface area contributed by atoms with E-state index in [1.165, 1.54) is 29.2 Å². The van der Waals surface area contributed by atoms with Crippen LogP contribution in [0.3, 0.4) is 0 Å². The Morgan fingerprint density at radius 3 is 2.67 bits per heavy atom. The zero-order valence-electron chi connectivity index (χ0n) is 15.6. The van der Waals surface area contributed by atoms with Gasteiger partial charge >= 0.3 is 5.97 Å². The molecule has 0 fully saturated rings. The molecular formula is C20H16N2O6S2. The number of benzene rings is 3. The Labute approximate surface area is 176 Å². The minimum atomic E-state index is -4.03. The molecule has 0 bridgehead atoms. The smallest absolute Gasteiger partial charge is 0.313 e. The monoisotopic (exact) mass is 444 g/mol. The Bertz CT molecular complexity index is 1320. The second kappa shape index (κ2) is 7.22. The maximum Gasteiger partial charge on any atom is 0.313 e. The molecule has 0 spiro atoms. The molecule has 0 aliphatic carbocycles. The first-order valence-electron chi connectivity index (χ1n) is 8.73. The SMILES string of the molecule is CN1C(=O)c2cccc3c(S(=O)(=O)Nc4ccc(O)c(SCC(=O)O)c4)ccc1c23. The summed E-state index contributed by atoms with van der Waals surface area (Å²) < 4.78 is 28.7. The molecule has 154 valence electrons. The van der Waals surface area contributed by atoms with Crippen LogP contribution >= 0.6 is 11.8 Å². The minimum absolute atomic E-state index is 0.0130. The predicted octanol–water partition coefficient (Wildman–Crippen LogP) is 3.11. The third-order valence-corrected chi connectivity index (χ3v) is 7.20. The number of carboxylic acids is 1. The first-order chi connectivity index (χ1) is 14.2. The van der Waals surface area contributed by atoms with Gasteiger partial charge in [-0.1, -0.05) is 12.1 Å². The maximum atomic E-state index is 13.1. The van der Waals surface area contributed by atoms with E-state index >= 15 is 0 Å². The summed E-state index contributed by atoms with van der Waals surface area (Å²) in [6.07, 6.45) is 0. The van der Waals surface area contributed by atoms with Crippen LogP contribution in [0.2, 0.25) is 0 Å². The van der Waals surface area contributed by atoms with Crippen LogP contribution in [-0.4, -0.2) is 43.3 Å². The van der Waals surface area contributed by atoms with Crippen LogP contribution in [0.15, 0.2) is 58.3 Å². The summed E-state index contributed by atoms with van der Waals surface area (Å²) in [5.74, 6) is -1.68. The maximum absolute atomic E-state index is 13.1. The van der Waals surface area contributed by atoms with Crippen LogP contribution in [0, 0.1) is 0 Å². The molecule has 0 saturated heterocycles. The summed E-state index contributed by atoms with van der Waals surface area (Å²) in [5.41, 5.74) is 1.26. The number of thioether (sulfide) groups is 1. The van der Waals surface area contributed by atoms with E-state index < -0.39 is 16.0 Å². The molecule has 0 unspecified atom stereocenters. The van der Waals surface area contributed by atoms with E-state index in [9.17, 15) is 23.1 Å². The molecular weight excluding hydrogens is 428 g/mol. The Hall–Kier alpha value is -3.24. The Kier molecular flexibility index (Phi) is 4.83. The van der Waals surface area contributed by atoms with Crippen LogP contribution in [0.5, 0.6) is 5.75 Å². The van der Waals surface area contributed by atoms with Crippen LogP contribution in [0.25, 0.3) is 10.8 Å². The third kappa shape index (κ3) is 3.33. The lowest BCUT2D eigenvalue weighted by Gasteiger charge is -2.14. The highest BCUT2D eigenvalue weighted by Gasteiger charge is 2.30. The fraction of sp³-hybridized carbons (Fsp3) is 0.100. The number of nitrogens with one attached hydrogen (secondary N) is 1. The number of anilines is 2. The van der Waals surface area contributed by atoms with Crippen LogP contribution in [0.1, 0.15) is 10.4 Å². The molecule has 3 N–H and O–H groups in total. The molecule has 0 saturated carbocycles. The quantitative estimate of drug-likeness (QED) is 0.394. The van der Waals surface area contributed by atoms with Gasteiger partial charge in [0.15, 0.2) is 0 Å². The Morgan fingerprint density at radius 2 is 1.93 bits per heavy atom. The highest BCUT2D eigenvalue weighted by atomic mass is 32.2. The molecule has 0 aromatic heterocycles. The molecule has 0 radical (unpaired) electrons. The van der Waals surface area contributed by atoms with Gasteiger partial charge in [0.05, 0.1) is 26.9 Å². The Balaban J connectivity index is 1.74. The number of phenolic OH excluding ortho intramolecular Hbond substituents is 1. The molecule has 1 aliphatic rings. The number of sulfonamides is 1. The second-order valence-electron chi connectivity index (χ2n) is 6.65. The number of aromatic hydroxyl groups is 1. The number of aliphatic carboxylic acids is 1. The van der Waals surface area contributed by atoms with Crippen molar-refractivity contribution in [2.24, 2.45) is 0 Å². The first kappa shape index (κ1) is 20.0. The molecule has 1 heterocycles. The molecule has 1 amide bonds. The summed E-state index contributed by atoms with van der Waals surface area (Å²) in [6.45, 7) is 0. The van der Waals surface area contributed by atoms with Crippen molar-refractivity contribution in [2.45, 2.75) is 9.79 Å². The lowest BCUT2D eigenvalue weighted by Crippen LogP contribution is -2.20. The summed E-state index contributed by atoms with van der Waals surface area (Å²) >= 11 is 0.879. The van der Waals surface area contributed by atoms with Gasteiger partial charge in [-0.15, -0.1) is 11.8 Å². The van der Waals surface area contributed by atoms with Crippen molar-refractivity contribution in [3.63, 3.8) is 0 Å². The molecule has 3 aromatic carbocycles. The van der Waals surface area contributed by atoms with Crippen molar-refractivity contribution in [2.75, 3.05) is 22.4 Å². The Morgan fingerprint density at radius 1 is 1.17 bits per heavy atom. The number of carbonyl (C=O) groups excluding carboxylic acids is 1. The zero-order valence-corrected chi connectivity index (χ0v) is 17.3. The van der Waals surface area contributed by atoms with E-state index in [0.29, 0.717) is 22.0 Å². The van der Waals surface area contributed by atoms with Crippen molar-refractivity contribution in [1.82, 2.24) is 0 Å². The molecule has 1 aliphatic heterocycles. The van der Waals surface area contributed by atoms with Crippen molar-refractivity contribution >= 4 is 55.8 Å². The largest absolute Gasteiger partial charge is 0.507 e. The molecule has 4 rings (SSSR count). The third-order valence-electron chi connectivity index (χ3n) is 4.73. The minimum Gasteiger partial charge on any atom is -0.507 e. The lowest BCUT2D eigenvalue weighted by molar-refractivity contribution is -0.133. The number of amides is 1. The molecule has 3 aromatic rings. The fourth-order valence-electron chi connectivity index (χ4n) is 3.39. The van der Waals surface area contributed by atoms with Crippen LogP contribution in [0.4, 0.5) is 11.4 Å². The summed E-state index contributed by atoms with van der Waals surface area (Å²) in [6, 6.07) is 12.0. The topological polar surface area (TPSA) is 124 Å². The van der Waals surface area contributed by atoms with Crippen molar-refractivity contribution in [3.8, 4) is 5.75 Å². The number of rotatable bonds is 6. The van der Waals surface area contributed by atoms with Crippen molar-refractivity contribution < 1.29 is 28.2 Å². The van der Waals surface area contributed by atoms with Gasteiger partial charge in [0.1, 0.15) is 5.75 Å². The average molecular weight is 444 g/mol. The van der Waals surface area contributed by atoms with E-state index in [1.54, 1.807) is 31.3 Å².